The first-order valence-corrected chi connectivity index (χ1v) is 8.86. The van der Waals surface area contributed by atoms with Crippen molar-refractivity contribution in [2.24, 2.45) is 5.92 Å². The number of alkyl halides is 3. The zero-order valence-electron chi connectivity index (χ0n) is 15.4. The van der Waals surface area contributed by atoms with Crippen LogP contribution < -0.4 is 25.4 Å². The molecule has 1 fully saturated rings. The molecule has 4 rings (SSSR count). The maximum absolute atomic E-state index is 13.0. The van der Waals surface area contributed by atoms with Crippen molar-refractivity contribution in [1.29, 1.82) is 0 Å². The molecule has 2 aromatic carbocycles. The number of amides is 3. The number of carbonyl (C=O) groups excluding carboxylic acids is 2. The van der Waals surface area contributed by atoms with Gasteiger partial charge in [0.25, 0.3) is 0 Å². The molecule has 2 aliphatic heterocycles. The average Bonchev–Trinajstić information content (AvgIpc) is 3.14. The van der Waals surface area contributed by atoms with E-state index in [4.69, 9.17) is 9.47 Å². The van der Waals surface area contributed by atoms with Gasteiger partial charge in [-0.15, -0.1) is 0 Å². The highest BCUT2D eigenvalue weighted by atomic mass is 19.4. The summed E-state index contributed by atoms with van der Waals surface area (Å²) in [6.07, 6.45) is -4.54. The Balaban J connectivity index is 1.62. The van der Waals surface area contributed by atoms with E-state index in [0.29, 0.717) is 17.1 Å². The number of urea groups is 1. The number of nitrogens with one attached hydrogen (secondary N) is 3. The van der Waals surface area contributed by atoms with E-state index in [1.807, 2.05) is 0 Å². The fourth-order valence-electron chi connectivity index (χ4n) is 3.37. The summed E-state index contributed by atoms with van der Waals surface area (Å²) in [5, 5.41) is 7.58. The second-order valence-electron chi connectivity index (χ2n) is 6.76. The fraction of sp³-hybridized carbons (Fsp3) is 0.200. The van der Waals surface area contributed by atoms with Gasteiger partial charge < -0.3 is 25.4 Å². The van der Waals surface area contributed by atoms with Crippen LogP contribution in [0.2, 0.25) is 0 Å². The fourth-order valence-corrected chi connectivity index (χ4v) is 3.37. The van der Waals surface area contributed by atoms with Crippen LogP contribution in [-0.4, -0.2) is 18.7 Å². The Morgan fingerprint density at radius 1 is 1.13 bits per heavy atom. The summed E-state index contributed by atoms with van der Waals surface area (Å²) in [5.74, 6) is -0.627. The molecule has 10 heteroatoms. The molecule has 0 spiro atoms. The van der Waals surface area contributed by atoms with Crippen LogP contribution in [0.15, 0.2) is 54.7 Å². The van der Waals surface area contributed by atoms with Crippen LogP contribution >= 0.6 is 0 Å². The minimum absolute atomic E-state index is 0.0241. The molecule has 0 aromatic heterocycles. The quantitative estimate of drug-likeness (QED) is 0.710. The highest BCUT2D eigenvalue weighted by Gasteiger charge is 2.38. The second-order valence-corrected chi connectivity index (χ2v) is 6.76. The Bertz CT molecular complexity index is 1040. The third-order valence-corrected chi connectivity index (χ3v) is 4.77. The van der Waals surface area contributed by atoms with Crippen molar-refractivity contribution in [2.75, 3.05) is 12.1 Å². The van der Waals surface area contributed by atoms with Gasteiger partial charge in [-0.3, -0.25) is 4.79 Å². The van der Waals surface area contributed by atoms with Crippen LogP contribution in [0.3, 0.4) is 0 Å². The minimum atomic E-state index is -4.54. The van der Waals surface area contributed by atoms with E-state index in [1.54, 1.807) is 18.2 Å². The Kier molecular flexibility index (Phi) is 4.76. The molecule has 1 saturated heterocycles. The molecule has 0 aliphatic carbocycles. The van der Waals surface area contributed by atoms with Gasteiger partial charge in [-0.1, -0.05) is 18.7 Å². The van der Waals surface area contributed by atoms with Crippen molar-refractivity contribution in [3.05, 3.63) is 65.9 Å². The predicted octanol–water partition coefficient (Wildman–Crippen LogP) is 3.56. The maximum atomic E-state index is 13.0. The van der Waals surface area contributed by atoms with Crippen LogP contribution in [0.4, 0.5) is 23.7 Å². The van der Waals surface area contributed by atoms with Crippen molar-refractivity contribution in [1.82, 2.24) is 10.6 Å². The lowest BCUT2D eigenvalue weighted by atomic mass is 9.88. The molecule has 0 bridgehead atoms. The van der Waals surface area contributed by atoms with Gasteiger partial charge in [-0.05, 0) is 35.9 Å². The standard InChI is InChI=1S/C20H16F3N3O4/c1-10-16(18(27)25-13-4-2-3-12(8-13)20(21,22)23)17(26-19(28)24-10)11-5-6-14-15(7-11)30-9-29-14/h2-8,16-17H,1,9H2,(H,25,27)(H2,24,26,28). The molecule has 2 aliphatic rings. The van der Waals surface area contributed by atoms with Gasteiger partial charge in [-0.25, -0.2) is 4.79 Å². The topological polar surface area (TPSA) is 88.7 Å². The van der Waals surface area contributed by atoms with E-state index < -0.39 is 35.6 Å². The van der Waals surface area contributed by atoms with Gasteiger partial charge in [0.15, 0.2) is 11.5 Å². The molecule has 3 N–H and O–H groups in total. The molecular weight excluding hydrogens is 403 g/mol. The molecule has 2 atom stereocenters. The predicted molar refractivity (Wildman–Crippen MR) is 99.7 cm³/mol. The lowest BCUT2D eigenvalue weighted by Gasteiger charge is -2.34. The first kappa shape index (κ1) is 19.6. The molecule has 2 unspecified atom stereocenters. The minimum Gasteiger partial charge on any atom is -0.454 e. The van der Waals surface area contributed by atoms with Crippen molar-refractivity contribution in [3.8, 4) is 11.5 Å². The Hall–Kier alpha value is -3.69. The van der Waals surface area contributed by atoms with E-state index >= 15 is 0 Å². The molecule has 3 amide bonds. The number of benzene rings is 2. The summed E-state index contributed by atoms with van der Waals surface area (Å²) in [4.78, 5) is 24.9. The number of carbonyl (C=O) groups is 2. The molecular formula is C20H16F3N3O4. The normalized spacial score (nSPS) is 20.4. The van der Waals surface area contributed by atoms with Crippen LogP contribution in [0.5, 0.6) is 11.5 Å². The summed E-state index contributed by atoms with van der Waals surface area (Å²) in [7, 11) is 0. The summed E-state index contributed by atoms with van der Waals surface area (Å²) in [6.45, 7) is 3.80. The Morgan fingerprint density at radius 3 is 2.67 bits per heavy atom. The van der Waals surface area contributed by atoms with Crippen LogP contribution in [0.1, 0.15) is 17.2 Å². The number of rotatable bonds is 3. The Morgan fingerprint density at radius 2 is 1.90 bits per heavy atom. The van der Waals surface area contributed by atoms with Crippen LogP contribution in [-0.2, 0) is 11.0 Å². The number of hydrogen-bond acceptors (Lipinski definition) is 4. The molecule has 2 aromatic rings. The van der Waals surface area contributed by atoms with Crippen molar-refractivity contribution in [2.45, 2.75) is 12.2 Å². The highest BCUT2D eigenvalue weighted by Crippen LogP contribution is 2.38. The first-order chi connectivity index (χ1) is 14.2. The maximum Gasteiger partial charge on any atom is 0.416 e. The largest absolute Gasteiger partial charge is 0.454 e. The summed E-state index contributed by atoms with van der Waals surface area (Å²) in [6, 6.07) is 7.88. The highest BCUT2D eigenvalue weighted by molar-refractivity contribution is 5.97. The molecule has 0 saturated carbocycles. The first-order valence-electron chi connectivity index (χ1n) is 8.86. The second kappa shape index (κ2) is 7.29. The molecule has 156 valence electrons. The van der Waals surface area contributed by atoms with Crippen LogP contribution in [0, 0.1) is 5.92 Å². The molecule has 7 nitrogen and oxygen atoms in total. The van der Waals surface area contributed by atoms with Crippen molar-refractivity contribution >= 4 is 17.6 Å². The van der Waals surface area contributed by atoms with E-state index in [1.165, 1.54) is 12.1 Å². The van der Waals surface area contributed by atoms with E-state index in [9.17, 15) is 22.8 Å². The summed E-state index contributed by atoms with van der Waals surface area (Å²) >= 11 is 0. The van der Waals surface area contributed by atoms with Gasteiger partial charge in [-0.2, -0.15) is 13.2 Å². The van der Waals surface area contributed by atoms with E-state index in [-0.39, 0.29) is 18.2 Å². The van der Waals surface area contributed by atoms with Gasteiger partial charge in [0.1, 0.15) is 5.92 Å². The van der Waals surface area contributed by atoms with Gasteiger partial charge in [0, 0.05) is 11.4 Å². The number of anilines is 1. The number of halogens is 3. The SMILES string of the molecule is C=C1NC(=O)NC(c2ccc3c(c2)OCO3)C1C(=O)Nc1cccc(C(F)(F)F)c1. The van der Waals surface area contributed by atoms with Crippen molar-refractivity contribution < 1.29 is 32.2 Å². The van der Waals surface area contributed by atoms with Gasteiger partial charge >= 0.3 is 12.2 Å². The molecule has 0 radical (unpaired) electrons. The lowest BCUT2D eigenvalue weighted by Crippen LogP contribution is -2.51. The number of ether oxygens (including phenoxy) is 2. The number of fused-ring (bicyclic) bond motifs is 1. The zero-order chi connectivity index (χ0) is 21.5. The zero-order valence-corrected chi connectivity index (χ0v) is 15.4. The monoisotopic (exact) mass is 419 g/mol. The number of hydrogen-bond donors (Lipinski definition) is 3. The van der Waals surface area contributed by atoms with Gasteiger partial charge in [0.2, 0.25) is 12.7 Å². The lowest BCUT2D eigenvalue weighted by molar-refractivity contribution is -0.137. The van der Waals surface area contributed by atoms with Crippen LogP contribution in [0.25, 0.3) is 0 Å². The third kappa shape index (κ3) is 3.76. The summed E-state index contributed by atoms with van der Waals surface area (Å²) in [5.41, 5.74) is -0.240. The Labute approximate surface area is 168 Å². The van der Waals surface area contributed by atoms with E-state index in [0.717, 1.165) is 12.1 Å². The smallest absolute Gasteiger partial charge is 0.416 e. The van der Waals surface area contributed by atoms with Crippen molar-refractivity contribution in [3.63, 3.8) is 0 Å². The average molecular weight is 419 g/mol. The molecule has 2 heterocycles. The third-order valence-electron chi connectivity index (χ3n) is 4.77. The van der Waals surface area contributed by atoms with Gasteiger partial charge in [0.05, 0.1) is 11.6 Å². The molecule has 30 heavy (non-hydrogen) atoms. The van der Waals surface area contributed by atoms with E-state index in [2.05, 4.69) is 22.5 Å². The summed E-state index contributed by atoms with van der Waals surface area (Å²) < 4.78 is 49.5.